The van der Waals surface area contributed by atoms with Gasteiger partial charge in [0.25, 0.3) is 0 Å². The molecule has 0 spiro atoms. The van der Waals surface area contributed by atoms with Gasteiger partial charge >= 0.3 is 6.09 Å². The number of hydrogen-bond acceptors (Lipinski definition) is 2. The van der Waals surface area contributed by atoms with Crippen LogP contribution in [0.5, 0.6) is 0 Å². The van der Waals surface area contributed by atoms with Crippen molar-refractivity contribution in [3.63, 3.8) is 0 Å². The molecule has 16 heavy (non-hydrogen) atoms. The Labute approximate surface area is 95.0 Å². The van der Waals surface area contributed by atoms with E-state index in [9.17, 15) is 4.79 Å². The molecule has 2 aliphatic rings. The van der Waals surface area contributed by atoms with Crippen molar-refractivity contribution in [3.8, 4) is 0 Å². The summed E-state index contributed by atoms with van der Waals surface area (Å²) < 4.78 is 5.27. The number of hydrogen-bond donors (Lipinski definition) is 0. The SMILES string of the molecule is O=C(OCc1ccccc1)N1CC2CC2C1. The zero-order chi connectivity index (χ0) is 11.0. The number of nitrogens with zero attached hydrogens (tertiary/aromatic N) is 1. The molecule has 2 fully saturated rings. The van der Waals surface area contributed by atoms with Crippen LogP contribution in [0, 0.1) is 11.8 Å². The highest BCUT2D eigenvalue weighted by Crippen LogP contribution is 2.44. The highest BCUT2D eigenvalue weighted by atomic mass is 16.6. The van der Waals surface area contributed by atoms with Crippen LogP contribution >= 0.6 is 0 Å². The normalized spacial score (nSPS) is 26.4. The molecule has 0 radical (unpaired) electrons. The summed E-state index contributed by atoms with van der Waals surface area (Å²) in [5.41, 5.74) is 1.04. The van der Waals surface area contributed by atoms with Crippen molar-refractivity contribution in [1.82, 2.24) is 4.90 Å². The summed E-state index contributed by atoms with van der Waals surface area (Å²) in [6, 6.07) is 9.80. The summed E-state index contributed by atoms with van der Waals surface area (Å²) in [4.78, 5) is 13.5. The molecule has 84 valence electrons. The molecule has 1 amide bonds. The maximum Gasteiger partial charge on any atom is 0.410 e. The zero-order valence-electron chi connectivity index (χ0n) is 9.13. The predicted molar refractivity (Wildman–Crippen MR) is 59.8 cm³/mol. The van der Waals surface area contributed by atoms with Gasteiger partial charge in [-0.2, -0.15) is 0 Å². The van der Waals surface area contributed by atoms with Gasteiger partial charge in [0, 0.05) is 13.1 Å². The standard InChI is InChI=1S/C13H15NO2/c15-13(14-7-11-6-12(11)8-14)16-9-10-4-2-1-3-5-10/h1-5,11-12H,6-9H2. The Kier molecular flexibility index (Phi) is 2.31. The molecule has 2 unspecified atom stereocenters. The number of ether oxygens (including phenoxy) is 1. The van der Waals surface area contributed by atoms with Crippen molar-refractivity contribution in [2.24, 2.45) is 11.8 Å². The number of rotatable bonds is 2. The van der Waals surface area contributed by atoms with Crippen LogP contribution in [0.1, 0.15) is 12.0 Å². The fourth-order valence-corrected chi connectivity index (χ4v) is 2.36. The maximum atomic E-state index is 11.7. The number of piperidine rings is 1. The molecule has 1 saturated heterocycles. The van der Waals surface area contributed by atoms with Crippen LogP contribution in [-0.4, -0.2) is 24.1 Å². The van der Waals surface area contributed by atoms with Crippen molar-refractivity contribution >= 4 is 6.09 Å². The van der Waals surface area contributed by atoms with E-state index in [1.165, 1.54) is 6.42 Å². The molecular formula is C13H15NO2. The van der Waals surface area contributed by atoms with E-state index in [2.05, 4.69) is 0 Å². The molecule has 0 N–H and O–H groups in total. The molecule has 1 aliphatic carbocycles. The van der Waals surface area contributed by atoms with Crippen molar-refractivity contribution in [2.75, 3.05) is 13.1 Å². The highest BCUT2D eigenvalue weighted by molar-refractivity contribution is 5.68. The molecular weight excluding hydrogens is 202 g/mol. The summed E-state index contributed by atoms with van der Waals surface area (Å²) in [5, 5.41) is 0. The van der Waals surface area contributed by atoms with E-state index >= 15 is 0 Å². The molecule has 1 saturated carbocycles. The van der Waals surface area contributed by atoms with Gasteiger partial charge in [0.2, 0.25) is 0 Å². The molecule has 3 rings (SSSR count). The van der Waals surface area contributed by atoms with Gasteiger partial charge in [0.15, 0.2) is 0 Å². The van der Waals surface area contributed by atoms with E-state index in [-0.39, 0.29) is 6.09 Å². The number of carbonyl (C=O) groups excluding carboxylic acids is 1. The lowest BCUT2D eigenvalue weighted by Crippen LogP contribution is -2.30. The Morgan fingerprint density at radius 3 is 2.62 bits per heavy atom. The van der Waals surface area contributed by atoms with E-state index in [1.54, 1.807) is 0 Å². The number of carbonyl (C=O) groups is 1. The molecule has 3 heteroatoms. The van der Waals surface area contributed by atoms with Crippen LogP contribution in [0.2, 0.25) is 0 Å². The lowest BCUT2D eigenvalue weighted by Gasteiger charge is -2.17. The average molecular weight is 217 g/mol. The van der Waals surface area contributed by atoms with Gasteiger partial charge < -0.3 is 9.64 Å². The first-order valence-electron chi connectivity index (χ1n) is 5.78. The summed E-state index contributed by atoms with van der Waals surface area (Å²) in [6.45, 7) is 2.18. The second-order valence-electron chi connectivity index (χ2n) is 4.70. The van der Waals surface area contributed by atoms with Crippen LogP contribution < -0.4 is 0 Å². The van der Waals surface area contributed by atoms with Crippen LogP contribution in [0.25, 0.3) is 0 Å². The lowest BCUT2D eigenvalue weighted by atomic mass is 10.2. The molecule has 1 aromatic rings. The van der Waals surface area contributed by atoms with Crippen molar-refractivity contribution in [2.45, 2.75) is 13.0 Å². The second-order valence-corrected chi connectivity index (χ2v) is 4.70. The van der Waals surface area contributed by atoms with E-state index in [0.717, 1.165) is 30.5 Å². The quantitative estimate of drug-likeness (QED) is 0.760. The van der Waals surface area contributed by atoms with E-state index in [4.69, 9.17) is 4.74 Å². The monoisotopic (exact) mass is 217 g/mol. The first-order chi connectivity index (χ1) is 7.83. The van der Waals surface area contributed by atoms with Gasteiger partial charge in [0.1, 0.15) is 6.61 Å². The maximum absolute atomic E-state index is 11.7. The Morgan fingerprint density at radius 1 is 1.25 bits per heavy atom. The molecule has 0 aromatic heterocycles. The Balaban J connectivity index is 1.50. The smallest absolute Gasteiger partial charge is 0.410 e. The number of amides is 1. The Hall–Kier alpha value is -1.51. The van der Waals surface area contributed by atoms with Gasteiger partial charge in [-0.15, -0.1) is 0 Å². The third kappa shape index (κ3) is 1.90. The number of benzene rings is 1. The highest BCUT2D eigenvalue weighted by Gasteiger charge is 2.47. The minimum absolute atomic E-state index is 0.156. The fourth-order valence-electron chi connectivity index (χ4n) is 2.36. The molecule has 0 bridgehead atoms. The van der Waals surface area contributed by atoms with Crippen LogP contribution in [0.15, 0.2) is 30.3 Å². The Morgan fingerprint density at radius 2 is 1.94 bits per heavy atom. The van der Waals surface area contributed by atoms with Gasteiger partial charge in [-0.3, -0.25) is 0 Å². The predicted octanol–water partition coefficient (Wildman–Crippen LogP) is 2.27. The van der Waals surface area contributed by atoms with E-state index in [0.29, 0.717) is 6.61 Å². The topological polar surface area (TPSA) is 29.5 Å². The average Bonchev–Trinajstić information content (AvgIpc) is 2.94. The molecule has 3 nitrogen and oxygen atoms in total. The first kappa shape index (κ1) is 9.70. The number of fused-ring (bicyclic) bond motifs is 1. The largest absolute Gasteiger partial charge is 0.445 e. The zero-order valence-corrected chi connectivity index (χ0v) is 9.13. The summed E-state index contributed by atoms with van der Waals surface area (Å²) in [7, 11) is 0. The van der Waals surface area contributed by atoms with Crippen molar-refractivity contribution < 1.29 is 9.53 Å². The third-order valence-electron chi connectivity index (χ3n) is 3.44. The molecule has 1 heterocycles. The minimum Gasteiger partial charge on any atom is -0.445 e. The molecule has 2 atom stereocenters. The molecule has 1 aromatic carbocycles. The lowest BCUT2D eigenvalue weighted by molar-refractivity contribution is 0.100. The summed E-state index contributed by atoms with van der Waals surface area (Å²) in [6.07, 6.45) is 1.15. The van der Waals surface area contributed by atoms with Crippen LogP contribution in [0.3, 0.4) is 0 Å². The van der Waals surface area contributed by atoms with E-state index in [1.807, 2.05) is 35.2 Å². The third-order valence-corrected chi connectivity index (χ3v) is 3.44. The van der Waals surface area contributed by atoms with Crippen molar-refractivity contribution in [3.05, 3.63) is 35.9 Å². The van der Waals surface area contributed by atoms with Gasteiger partial charge in [-0.1, -0.05) is 30.3 Å². The number of likely N-dealkylation sites (tertiary alicyclic amines) is 1. The van der Waals surface area contributed by atoms with E-state index < -0.39 is 0 Å². The van der Waals surface area contributed by atoms with Crippen molar-refractivity contribution in [1.29, 1.82) is 0 Å². The first-order valence-corrected chi connectivity index (χ1v) is 5.78. The summed E-state index contributed by atoms with van der Waals surface area (Å²) >= 11 is 0. The Bertz CT molecular complexity index is 380. The summed E-state index contributed by atoms with van der Waals surface area (Å²) in [5.74, 6) is 1.54. The van der Waals surface area contributed by atoms with Crippen LogP contribution in [-0.2, 0) is 11.3 Å². The second kappa shape index (κ2) is 3.81. The van der Waals surface area contributed by atoms with Crippen LogP contribution in [0.4, 0.5) is 4.79 Å². The van der Waals surface area contributed by atoms with Gasteiger partial charge in [-0.25, -0.2) is 4.79 Å². The fraction of sp³-hybridized carbons (Fsp3) is 0.462. The van der Waals surface area contributed by atoms with Gasteiger partial charge in [0.05, 0.1) is 0 Å². The van der Waals surface area contributed by atoms with Gasteiger partial charge in [-0.05, 0) is 23.8 Å². The molecule has 1 aliphatic heterocycles. The minimum atomic E-state index is -0.156.